The molecule has 0 bridgehead atoms. The van der Waals surface area contributed by atoms with Crippen LogP contribution >= 0.6 is 0 Å². The van der Waals surface area contributed by atoms with Crippen LogP contribution in [0.3, 0.4) is 0 Å². The van der Waals surface area contributed by atoms with E-state index in [1.54, 1.807) is 0 Å². The Labute approximate surface area is 151 Å². The molecule has 0 radical (unpaired) electrons. The summed E-state index contributed by atoms with van der Waals surface area (Å²) in [7, 11) is 2.77. The van der Waals surface area contributed by atoms with Gasteiger partial charge in [-0.1, -0.05) is 42.5 Å². The maximum Gasteiger partial charge on any atom is 0.338 e. The summed E-state index contributed by atoms with van der Waals surface area (Å²) in [5.74, 6) is -1.08. The summed E-state index contributed by atoms with van der Waals surface area (Å²) >= 11 is 0. The predicted octanol–water partition coefficient (Wildman–Crippen LogP) is 2.72. The molecule has 1 aliphatic rings. The minimum Gasteiger partial charge on any atom is -0.466 e. The van der Waals surface area contributed by atoms with E-state index >= 15 is 0 Å². The van der Waals surface area contributed by atoms with Gasteiger partial charge in [0.2, 0.25) is 5.88 Å². The number of nitriles is 1. The van der Waals surface area contributed by atoms with Crippen molar-refractivity contribution in [3.05, 3.63) is 70.8 Å². The first-order valence-corrected chi connectivity index (χ1v) is 7.97. The molecule has 132 valence electrons. The number of allylic oxidation sites excluding steroid dienone is 1. The van der Waals surface area contributed by atoms with Gasteiger partial charge in [0.15, 0.2) is 0 Å². The lowest BCUT2D eigenvalue weighted by atomic mass is 9.81. The van der Waals surface area contributed by atoms with Crippen LogP contribution in [0.15, 0.2) is 65.3 Å². The van der Waals surface area contributed by atoms with E-state index in [9.17, 15) is 10.1 Å². The first-order valence-electron chi connectivity index (χ1n) is 7.97. The maximum atomic E-state index is 12.6. The average molecular weight is 350 g/mol. The zero-order valence-electron chi connectivity index (χ0n) is 14.5. The van der Waals surface area contributed by atoms with Crippen LogP contribution in [0.1, 0.15) is 11.5 Å². The summed E-state index contributed by atoms with van der Waals surface area (Å²) in [6, 6.07) is 15.5. The highest BCUT2D eigenvalue weighted by Crippen LogP contribution is 2.42. The van der Waals surface area contributed by atoms with Crippen LogP contribution in [0.2, 0.25) is 0 Å². The van der Waals surface area contributed by atoms with Crippen molar-refractivity contribution in [2.75, 3.05) is 20.8 Å². The number of ether oxygens (including phenoxy) is 3. The molecule has 1 atom stereocenters. The molecule has 0 saturated heterocycles. The fourth-order valence-corrected chi connectivity index (χ4v) is 3.20. The fraction of sp³-hybridized carbons (Fsp3) is 0.200. The molecule has 6 nitrogen and oxygen atoms in total. The number of hydrogen-bond donors (Lipinski definition) is 1. The highest BCUT2D eigenvalue weighted by molar-refractivity contribution is 5.95. The molecule has 1 aliphatic heterocycles. The van der Waals surface area contributed by atoms with Gasteiger partial charge in [0.05, 0.1) is 18.6 Å². The molecule has 2 aromatic rings. The number of nitrogens with zero attached hydrogens (tertiary/aromatic N) is 1. The maximum absolute atomic E-state index is 12.6. The second kappa shape index (κ2) is 7.30. The first kappa shape index (κ1) is 17.5. The Morgan fingerprint density at radius 2 is 1.96 bits per heavy atom. The fourth-order valence-electron chi connectivity index (χ4n) is 3.20. The van der Waals surface area contributed by atoms with E-state index in [-0.39, 0.29) is 29.4 Å². The summed E-state index contributed by atoms with van der Waals surface area (Å²) in [4.78, 5) is 12.6. The molecular formula is C20H18N2O4. The van der Waals surface area contributed by atoms with Gasteiger partial charge in [0.25, 0.3) is 0 Å². The average Bonchev–Trinajstić information content (AvgIpc) is 2.66. The smallest absolute Gasteiger partial charge is 0.338 e. The number of carbonyl (C=O) groups excluding carboxylic acids is 1. The first-order chi connectivity index (χ1) is 12.6. The summed E-state index contributed by atoms with van der Waals surface area (Å²) < 4.78 is 15.6. The lowest BCUT2D eigenvalue weighted by molar-refractivity contribution is -0.136. The number of benzene rings is 2. The second-order valence-corrected chi connectivity index (χ2v) is 5.75. The SMILES string of the molecule is COCC1=C(C(=O)OC)[C@@H](c2cccc3ccccc23)C(C#N)=C(N)O1. The Bertz CT molecular complexity index is 964. The molecule has 0 spiro atoms. The summed E-state index contributed by atoms with van der Waals surface area (Å²) in [5.41, 5.74) is 7.14. The molecule has 6 heteroatoms. The summed E-state index contributed by atoms with van der Waals surface area (Å²) in [6.07, 6.45) is 0. The third-order valence-corrected chi connectivity index (χ3v) is 4.31. The molecule has 0 unspecified atom stereocenters. The van der Waals surface area contributed by atoms with Crippen LogP contribution < -0.4 is 5.73 Å². The van der Waals surface area contributed by atoms with Gasteiger partial charge < -0.3 is 19.9 Å². The van der Waals surface area contributed by atoms with E-state index in [0.717, 1.165) is 16.3 Å². The van der Waals surface area contributed by atoms with Crippen LogP contribution in [0.25, 0.3) is 10.8 Å². The van der Waals surface area contributed by atoms with Crippen molar-refractivity contribution in [1.29, 1.82) is 5.26 Å². The van der Waals surface area contributed by atoms with Gasteiger partial charge in [0.1, 0.15) is 24.0 Å². The molecule has 26 heavy (non-hydrogen) atoms. The minimum absolute atomic E-state index is 0.0328. The number of carbonyl (C=O) groups is 1. The van der Waals surface area contributed by atoms with E-state index in [1.165, 1.54) is 14.2 Å². The van der Waals surface area contributed by atoms with Crippen molar-refractivity contribution >= 4 is 16.7 Å². The van der Waals surface area contributed by atoms with E-state index in [2.05, 4.69) is 6.07 Å². The zero-order chi connectivity index (χ0) is 18.7. The van der Waals surface area contributed by atoms with Crippen LogP contribution in [0.5, 0.6) is 0 Å². The number of hydrogen-bond acceptors (Lipinski definition) is 6. The van der Waals surface area contributed by atoms with Crippen molar-refractivity contribution < 1.29 is 19.0 Å². The Morgan fingerprint density at radius 3 is 2.65 bits per heavy atom. The Balaban J connectivity index is 2.32. The van der Waals surface area contributed by atoms with Gasteiger partial charge in [-0.15, -0.1) is 0 Å². The molecule has 0 saturated carbocycles. The van der Waals surface area contributed by atoms with Crippen LogP contribution in [-0.2, 0) is 19.0 Å². The molecule has 2 N–H and O–H groups in total. The van der Waals surface area contributed by atoms with Gasteiger partial charge in [-0.3, -0.25) is 0 Å². The zero-order valence-corrected chi connectivity index (χ0v) is 14.5. The third-order valence-electron chi connectivity index (χ3n) is 4.31. The van der Waals surface area contributed by atoms with Crippen molar-refractivity contribution in [3.8, 4) is 6.07 Å². The molecule has 0 aromatic heterocycles. The molecule has 0 fully saturated rings. The van der Waals surface area contributed by atoms with Crippen molar-refractivity contribution in [2.45, 2.75) is 5.92 Å². The Hall–Kier alpha value is -3.30. The van der Waals surface area contributed by atoms with E-state index in [0.29, 0.717) is 0 Å². The van der Waals surface area contributed by atoms with Gasteiger partial charge in [-0.05, 0) is 16.3 Å². The number of rotatable bonds is 4. The summed E-state index contributed by atoms with van der Waals surface area (Å²) in [5, 5.41) is 11.6. The third kappa shape index (κ3) is 2.89. The normalized spacial score (nSPS) is 17.0. The second-order valence-electron chi connectivity index (χ2n) is 5.75. The molecular weight excluding hydrogens is 332 g/mol. The standard InChI is InChI=1S/C20H18N2O4/c1-24-11-16-18(20(23)25-2)17(15(10-21)19(22)26-16)14-9-5-7-12-6-3-4-8-13(12)14/h3-9,17H,11,22H2,1-2H3/t17-/m0/s1. The Kier molecular flexibility index (Phi) is 4.92. The van der Waals surface area contributed by atoms with Crippen molar-refractivity contribution in [1.82, 2.24) is 0 Å². The van der Waals surface area contributed by atoms with Crippen LogP contribution in [0.4, 0.5) is 0 Å². The van der Waals surface area contributed by atoms with Gasteiger partial charge in [-0.2, -0.15) is 5.26 Å². The highest BCUT2D eigenvalue weighted by Gasteiger charge is 2.38. The van der Waals surface area contributed by atoms with E-state index in [1.807, 2.05) is 42.5 Å². The van der Waals surface area contributed by atoms with Gasteiger partial charge >= 0.3 is 5.97 Å². The Morgan fingerprint density at radius 1 is 1.23 bits per heavy atom. The van der Waals surface area contributed by atoms with Gasteiger partial charge in [-0.25, -0.2) is 4.79 Å². The predicted molar refractivity (Wildman–Crippen MR) is 95.5 cm³/mol. The van der Waals surface area contributed by atoms with Gasteiger partial charge in [0, 0.05) is 7.11 Å². The monoisotopic (exact) mass is 350 g/mol. The quantitative estimate of drug-likeness (QED) is 0.852. The lowest BCUT2D eigenvalue weighted by Crippen LogP contribution is -2.27. The van der Waals surface area contributed by atoms with Crippen LogP contribution in [-0.4, -0.2) is 26.8 Å². The molecule has 0 amide bonds. The summed E-state index contributed by atoms with van der Waals surface area (Å²) in [6.45, 7) is 0.0328. The molecule has 2 aromatic carbocycles. The topological polar surface area (TPSA) is 94.6 Å². The highest BCUT2D eigenvalue weighted by atomic mass is 16.5. The number of esters is 1. The molecule has 3 rings (SSSR count). The number of nitrogens with two attached hydrogens (primary N) is 1. The van der Waals surface area contributed by atoms with E-state index < -0.39 is 11.9 Å². The largest absolute Gasteiger partial charge is 0.466 e. The minimum atomic E-state index is -0.697. The number of fused-ring (bicyclic) bond motifs is 1. The molecule has 1 heterocycles. The van der Waals surface area contributed by atoms with Crippen molar-refractivity contribution in [2.24, 2.45) is 5.73 Å². The molecule has 0 aliphatic carbocycles. The number of methoxy groups -OCH3 is 2. The van der Waals surface area contributed by atoms with Crippen molar-refractivity contribution in [3.63, 3.8) is 0 Å². The lowest BCUT2D eigenvalue weighted by Gasteiger charge is -2.28. The van der Waals surface area contributed by atoms with Crippen LogP contribution in [0, 0.1) is 11.3 Å². The van der Waals surface area contributed by atoms with E-state index in [4.69, 9.17) is 19.9 Å².